The highest BCUT2D eigenvalue weighted by Crippen LogP contribution is 2.29. The van der Waals surface area contributed by atoms with Crippen molar-refractivity contribution in [2.45, 2.75) is 6.92 Å². The van der Waals surface area contributed by atoms with Gasteiger partial charge >= 0.3 is 5.63 Å². The molecule has 168 valence electrons. The van der Waals surface area contributed by atoms with Gasteiger partial charge in [-0.3, -0.25) is 9.78 Å². The highest BCUT2D eigenvalue weighted by atomic mass is 32.1. The number of amides is 1. The first-order chi connectivity index (χ1) is 16.5. The van der Waals surface area contributed by atoms with Gasteiger partial charge in [-0.15, -0.1) is 11.3 Å². The molecule has 0 bridgehead atoms. The van der Waals surface area contributed by atoms with E-state index in [0.29, 0.717) is 17.0 Å². The van der Waals surface area contributed by atoms with Crippen molar-refractivity contribution in [2.75, 3.05) is 11.9 Å². The molecule has 5 aromatic rings. The number of hydrogen-bond acceptors (Lipinski definition) is 7. The first kappa shape index (κ1) is 21.5. The minimum absolute atomic E-state index is 0.188. The number of ether oxygens (including phenoxy) is 1. The Bertz CT molecular complexity index is 1540. The summed E-state index contributed by atoms with van der Waals surface area (Å²) in [4.78, 5) is 33.1. The first-order valence-electron chi connectivity index (χ1n) is 10.5. The minimum Gasteiger partial charge on any atom is -0.484 e. The predicted octanol–water partition coefficient (Wildman–Crippen LogP) is 5.30. The molecule has 34 heavy (non-hydrogen) atoms. The largest absolute Gasteiger partial charge is 0.484 e. The number of fused-ring (bicyclic) bond motifs is 1. The van der Waals surface area contributed by atoms with Crippen LogP contribution in [0.1, 0.15) is 5.56 Å². The summed E-state index contributed by atoms with van der Waals surface area (Å²) in [6.07, 6.45) is 1.74. The number of carbonyl (C=O) groups excluding carboxylic acids is 1. The van der Waals surface area contributed by atoms with Gasteiger partial charge in [-0.05, 0) is 48.9 Å². The summed E-state index contributed by atoms with van der Waals surface area (Å²) in [6, 6.07) is 19.8. The number of hydrogen-bond donors (Lipinski definition) is 1. The van der Waals surface area contributed by atoms with Crippen molar-refractivity contribution in [3.05, 3.63) is 94.3 Å². The van der Waals surface area contributed by atoms with Crippen LogP contribution in [0.25, 0.3) is 32.9 Å². The molecule has 8 heteroatoms. The Hall–Kier alpha value is -4.30. The second kappa shape index (κ2) is 9.29. The van der Waals surface area contributed by atoms with E-state index in [1.165, 1.54) is 17.4 Å². The Kier molecular flexibility index (Phi) is 5.88. The van der Waals surface area contributed by atoms with Gasteiger partial charge in [0.1, 0.15) is 16.3 Å². The summed E-state index contributed by atoms with van der Waals surface area (Å²) in [6.45, 7) is 1.65. The Morgan fingerprint density at radius 3 is 2.82 bits per heavy atom. The fourth-order valence-corrected chi connectivity index (χ4v) is 4.32. The maximum atomic E-state index is 12.5. The van der Waals surface area contributed by atoms with E-state index in [9.17, 15) is 9.59 Å². The molecule has 3 heterocycles. The monoisotopic (exact) mass is 469 g/mol. The third kappa shape index (κ3) is 4.72. The number of benzene rings is 2. The van der Waals surface area contributed by atoms with Crippen LogP contribution in [0.5, 0.6) is 5.75 Å². The topological polar surface area (TPSA) is 94.3 Å². The third-order valence-corrected chi connectivity index (χ3v) is 5.99. The number of thiazole rings is 1. The predicted molar refractivity (Wildman–Crippen MR) is 132 cm³/mol. The molecule has 3 aromatic heterocycles. The lowest BCUT2D eigenvalue weighted by Gasteiger charge is -2.09. The average Bonchev–Trinajstić information content (AvgIpc) is 3.34. The van der Waals surface area contributed by atoms with Crippen LogP contribution < -0.4 is 15.7 Å². The summed E-state index contributed by atoms with van der Waals surface area (Å²) in [5, 5.41) is 6.46. The van der Waals surface area contributed by atoms with Crippen molar-refractivity contribution in [3.8, 4) is 27.7 Å². The summed E-state index contributed by atoms with van der Waals surface area (Å²) in [5.41, 5.74) is 3.98. The van der Waals surface area contributed by atoms with Crippen LogP contribution in [0, 0.1) is 6.92 Å². The molecule has 0 fully saturated rings. The second-order valence-electron chi connectivity index (χ2n) is 7.58. The third-order valence-electron chi connectivity index (χ3n) is 5.12. The van der Waals surface area contributed by atoms with Crippen molar-refractivity contribution in [1.82, 2.24) is 9.97 Å². The van der Waals surface area contributed by atoms with Gasteiger partial charge in [0.05, 0.1) is 11.4 Å². The second-order valence-corrected chi connectivity index (χ2v) is 8.44. The van der Waals surface area contributed by atoms with Crippen LogP contribution in [0.15, 0.2) is 87.5 Å². The molecule has 0 radical (unpaired) electrons. The van der Waals surface area contributed by atoms with Crippen molar-refractivity contribution < 1.29 is 13.9 Å². The fraction of sp³-hybridized carbons (Fsp3) is 0.0769. The molecular formula is C26H19N3O4S. The number of pyridine rings is 1. The normalized spacial score (nSPS) is 10.9. The van der Waals surface area contributed by atoms with Gasteiger partial charge in [0.2, 0.25) is 0 Å². The molecule has 2 aromatic carbocycles. The maximum Gasteiger partial charge on any atom is 0.336 e. The zero-order valence-corrected chi connectivity index (χ0v) is 19.0. The number of nitrogens with one attached hydrogen (secondary N) is 1. The standard InChI is InChI=1S/C26H19N3O4S/c1-16-11-25(31)33-23-13-19(8-9-20(16)23)32-14-24(30)28-18-6-4-5-17(12-18)22-15-34-26(29-22)21-7-2-3-10-27-21/h2-13,15H,14H2,1H3,(H,28,30). The Morgan fingerprint density at radius 1 is 1.06 bits per heavy atom. The van der Waals surface area contributed by atoms with E-state index in [1.54, 1.807) is 30.5 Å². The lowest BCUT2D eigenvalue weighted by molar-refractivity contribution is -0.118. The zero-order valence-electron chi connectivity index (χ0n) is 18.1. The molecular weight excluding hydrogens is 450 g/mol. The van der Waals surface area contributed by atoms with E-state index >= 15 is 0 Å². The van der Waals surface area contributed by atoms with Crippen molar-refractivity contribution in [3.63, 3.8) is 0 Å². The van der Waals surface area contributed by atoms with Gasteiger partial charge in [0, 0.05) is 40.3 Å². The quantitative estimate of drug-likeness (QED) is 0.339. The van der Waals surface area contributed by atoms with Crippen LogP contribution in [0.3, 0.4) is 0 Å². The molecule has 0 saturated carbocycles. The summed E-state index contributed by atoms with van der Waals surface area (Å²) in [5.74, 6) is 0.130. The number of nitrogens with zero attached hydrogens (tertiary/aromatic N) is 2. The Labute approximate surface area is 198 Å². The summed E-state index contributed by atoms with van der Waals surface area (Å²) >= 11 is 1.52. The zero-order chi connectivity index (χ0) is 23.5. The highest BCUT2D eigenvalue weighted by molar-refractivity contribution is 7.13. The molecule has 0 spiro atoms. The van der Waals surface area contributed by atoms with E-state index in [4.69, 9.17) is 9.15 Å². The fourth-order valence-electron chi connectivity index (χ4n) is 3.51. The van der Waals surface area contributed by atoms with E-state index in [0.717, 1.165) is 32.9 Å². The van der Waals surface area contributed by atoms with Gasteiger partial charge in [-0.1, -0.05) is 18.2 Å². The molecule has 0 saturated heterocycles. The van der Waals surface area contributed by atoms with Gasteiger partial charge in [-0.2, -0.15) is 0 Å². The molecule has 0 aliphatic rings. The van der Waals surface area contributed by atoms with E-state index < -0.39 is 5.63 Å². The first-order valence-corrected chi connectivity index (χ1v) is 11.4. The van der Waals surface area contributed by atoms with Crippen molar-refractivity contribution in [2.24, 2.45) is 0 Å². The number of anilines is 1. The van der Waals surface area contributed by atoms with Gasteiger partial charge in [0.15, 0.2) is 6.61 Å². The van der Waals surface area contributed by atoms with E-state index in [2.05, 4.69) is 15.3 Å². The SMILES string of the molecule is Cc1cc(=O)oc2cc(OCC(=O)Nc3cccc(-c4csc(-c5ccccn5)n4)c3)ccc12. The molecule has 0 unspecified atom stereocenters. The lowest BCUT2D eigenvalue weighted by Crippen LogP contribution is -2.20. The number of rotatable bonds is 6. The van der Waals surface area contributed by atoms with Crippen molar-refractivity contribution >= 4 is 33.9 Å². The molecule has 1 amide bonds. The molecule has 1 N–H and O–H groups in total. The van der Waals surface area contributed by atoms with Crippen LogP contribution in [0.2, 0.25) is 0 Å². The summed E-state index contributed by atoms with van der Waals surface area (Å²) in [7, 11) is 0. The number of carbonyl (C=O) groups is 1. The van der Waals surface area contributed by atoms with Gasteiger partial charge in [-0.25, -0.2) is 9.78 Å². The van der Waals surface area contributed by atoms with Crippen molar-refractivity contribution in [1.29, 1.82) is 0 Å². The maximum absolute atomic E-state index is 12.5. The molecule has 0 atom stereocenters. The number of aromatic nitrogens is 2. The van der Waals surface area contributed by atoms with E-state index in [-0.39, 0.29) is 12.5 Å². The number of aryl methyl sites for hydroxylation is 1. The minimum atomic E-state index is -0.424. The smallest absolute Gasteiger partial charge is 0.336 e. The van der Waals surface area contributed by atoms with Gasteiger partial charge in [0.25, 0.3) is 5.91 Å². The lowest BCUT2D eigenvalue weighted by atomic mass is 10.1. The Balaban J connectivity index is 1.25. The van der Waals surface area contributed by atoms with Crippen LogP contribution in [-0.2, 0) is 4.79 Å². The van der Waals surface area contributed by atoms with E-state index in [1.807, 2.05) is 48.7 Å². The van der Waals surface area contributed by atoms with Crippen LogP contribution >= 0.6 is 11.3 Å². The Morgan fingerprint density at radius 2 is 1.97 bits per heavy atom. The summed E-state index contributed by atoms with van der Waals surface area (Å²) < 4.78 is 10.8. The van der Waals surface area contributed by atoms with Crippen LogP contribution in [0.4, 0.5) is 5.69 Å². The molecule has 7 nitrogen and oxygen atoms in total. The average molecular weight is 470 g/mol. The highest BCUT2D eigenvalue weighted by Gasteiger charge is 2.10. The molecule has 0 aliphatic heterocycles. The molecule has 0 aliphatic carbocycles. The molecule has 5 rings (SSSR count). The van der Waals surface area contributed by atoms with Gasteiger partial charge < -0.3 is 14.5 Å². The van der Waals surface area contributed by atoms with Crippen LogP contribution in [-0.4, -0.2) is 22.5 Å².